The maximum absolute atomic E-state index is 11.9. The molecule has 1 aromatic heterocycles. The molecule has 0 atom stereocenters. The topological polar surface area (TPSA) is 68.0 Å². The van der Waals surface area contributed by atoms with Crippen molar-refractivity contribution >= 4 is 29.0 Å². The average molecular weight is 259 g/mol. The molecule has 1 heterocycles. The minimum Gasteiger partial charge on any atom is -0.399 e. The van der Waals surface area contributed by atoms with Gasteiger partial charge in [-0.05, 0) is 36.6 Å². The average Bonchev–Trinajstić information content (AvgIpc) is 2.39. The number of nitrogens with zero attached hydrogens (tertiary/aromatic N) is 1. The molecule has 3 N–H and O–H groups in total. The Kier molecular flexibility index (Phi) is 3.84. The fourth-order valence-electron chi connectivity index (χ4n) is 1.47. The summed E-state index contributed by atoms with van der Waals surface area (Å²) in [5.41, 5.74) is 7.19. The molecular formula is C13H13N3OS. The van der Waals surface area contributed by atoms with Crippen LogP contribution in [0.2, 0.25) is 0 Å². The highest BCUT2D eigenvalue weighted by Gasteiger charge is 2.07. The lowest BCUT2D eigenvalue weighted by atomic mass is 10.3. The zero-order chi connectivity index (χ0) is 13.0. The summed E-state index contributed by atoms with van der Waals surface area (Å²) in [4.78, 5) is 17.0. The SMILES string of the molecule is CSc1cccc(NC(=O)c2cc(N)ccn2)c1. The molecule has 4 nitrogen and oxygen atoms in total. The lowest BCUT2D eigenvalue weighted by Gasteiger charge is -2.06. The minimum absolute atomic E-state index is 0.263. The van der Waals surface area contributed by atoms with E-state index >= 15 is 0 Å². The zero-order valence-electron chi connectivity index (χ0n) is 9.88. The van der Waals surface area contributed by atoms with Crippen LogP contribution in [-0.2, 0) is 0 Å². The molecule has 0 aliphatic rings. The number of anilines is 2. The number of carbonyl (C=O) groups is 1. The molecule has 1 amide bonds. The van der Waals surface area contributed by atoms with Gasteiger partial charge in [0, 0.05) is 22.5 Å². The van der Waals surface area contributed by atoms with E-state index in [-0.39, 0.29) is 5.91 Å². The number of aromatic nitrogens is 1. The van der Waals surface area contributed by atoms with Crippen LogP contribution in [0.15, 0.2) is 47.5 Å². The van der Waals surface area contributed by atoms with Crippen LogP contribution in [0.3, 0.4) is 0 Å². The quantitative estimate of drug-likeness (QED) is 0.831. The predicted octanol–water partition coefficient (Wildman–Crippen LogP) is 2.64. The van der Waals surface area contributed by atoms with Crippen molar-refractivity contribution in [3.63, 3.8) is 0 Å². The van der Waals surface area contributed by atoms with Crippen molar-refractivity contribution in [1.29, 1.82) is 0 Å². The van der Waals surface area contributed by atoms with Crippen LogP contribution in [0.1, 0.15) is 10.5 Å². The number of carbonyl (C=O) groups excluding carboxylic acids is 1. The summed E-state index contributed by atoms with van der Waals surface area (Å²) < 4.78 is 0. The largest absolute Gasteiger partial charge is 0.399 e. The van der Waals surface area contributed by atoms with E-state index in [4.69, 9.17) is 5.73 Å². The van der Waals surface area contributed by atoms with Gasteiger partial charge in [-0.15, -0.1) is 11.8 Å². The minimum atomic E-state index is -0.263. The number of nitrogen functional groups attached to an aromatic ring is 1. The van der Waals surface area contributed by atoms with Crippen LogP contribution >= 0.6 is 11.8 Å². The lowest BCUT2D eigenvalue weighted by molar-refractivity contribution is 0.102. The Bertz CT molecular complexity index is 572. The van der Waals surface area contributed by atoms with Crippen molar-refractivity contribution in [3.8, 4) is 0 Å². The highest BCUT2D eigenvalue weighted by atomic mass is 32.2. The number of benzene rings is 1. The summed E-state index contributed by atoms with van der Waals surface area (Å²) in [6.07, 6.45) is 3.50. The Morgan fingerprint density at radius 2 is 2.17 bits per heavy atom. The highest BCUT2D eigenvalue weighted by Crippen LogP contribution is 2.19. The summed E-state index contributed by atoms with van der Waals surface area (Å²) in [7, 11) is 0. The molecule has 0 aliphatic heterocycles. The Morgan fingerprint density at radius 3 is 2.89 bits per heavy atom. The number of pyridine rings is 1. The monoisotopic (exact) mass is 259 g/mol. The van der Waals surface area contributed by atoms with Crippen LogP contribution in [-0.4, -0.2) is 17.1 Å². The molecule has 2 rings (SSSR count). The Balaban J connectivity index is 2.16. The van der Waals surface area contributed by atoms with Gasteiger partial charge >= 0.3 is 0 Å². The van der Waals surface area contributed by atoms with Gasteiger partial charge in [0.25, 0.3) is 5.91 Å². The summed E-state index contributed by atoms with van der Waals surface area (Å²) in [6, 6.07) is 10.8. The number of hydrogen-bond acceptors (Lipinski definition) is 4. The molecule has 1 aromatic carbocycles. The fraction of sp³-hybridized carbons (Fsp3) is 0.0769. The van der Waals surface area contributed by atoms with Gasteiger partial charge in [0.15, 0.2) is 0 Å². The summed E-state index contributed by atoms with van der Waals surface area (Å²) in [5.74, 6) is -0.263. The van der Waals surface area contributed by atoms with E-state index in [1.165, 1.54) is 6.20 Å². The third-order valence-corrected chi connectivity index (χ3v) is 3.07. The van der Waals surface area contributed by atoms with Gasteiger partial charge in [0.1, 0.15) is 5.69 Å². The molecule has 0 unspecified atom stereocenters. The molecule has 0 bridgehead atoms. The van der Waals surface area contributed by atoms with E-state index < -0.39 is 0 Å². The van der Waals surface area contributed by atoms with E-state index in [1.807, 2.05) is 30.5 Å². The highest BCUT2D eigenvalue weighted by molar-refractivity contribution is 7.98. The molecule has 0 radical (unpaired) electrons. The van der Waals surface area contributed by atoms with E-state index in [2.05, 4.69) is 10.3 Å². The standard InChI is InChI=1S/C13H13N3OS/c1-18-11-4-2-3-10(8-11)16-13(17)12-7-9(14)5-6-15-12/h2-8H,1H3,(H2,14,15)(H,16,17). The van der Waals surface area contributed by atoms with Crippen LogP contribution < -0.4 is 11.1 Å². The molecule has 0 spiro atoms. The third-order valence-electron chi connectivity index (χ3n) is 2.34. The molecule has 2 aromatic rings. The second kappa shape index (κ2) is 5.55. The van der Waals surface area contributed by atoms with Gasteiger partial charge in [-0.25, -0.2) is 0 Å². The van der Waals surface area contributed by atoms with E-state index in [9.17, 15) is 4.79 Å². The van der Waals surface area contributed by atoms with E-state index in [0.717, 1.165) is 10.6 Å². The van der Waals surface area contributed by atoms with Gasteiger partial charge < -0.3 is 11.1 Å². The van der Waals surface area contributed by atoms with Crippen molar-refractivity contribution in [1.82, 2.24) is 4.98 Å². The van der Waals surface area contributed by atoms with Crippen molar-refractivity contribution < 1.29 is 4.79 Å². The number of nitrogens with one attached hydrogen (secondary N) is 1. The third kappa shape index (κ3) is 3.01. The molecule has 92 valence electrons. The van der Waals surface area contributed by atoms with Crippen LogP contribution in [0.4, 0.5) is 11.4 Å². The first-order chi connectivity index (χ1) is 8.69. The van der Waals surface area contributed by atoms with Crippen molar-refractivity contribution in [2.75, 3.05) is 17.3 Å². The molecule has 0 aliphatic carbocycles. The van der Waals surface area contributed by atoms with Crippen molar-refractivity contribution in [3.05, 3.63) is 48.3 Å². The lowest BCUT2D eigenvalue weighted by Crippen LogP contribution is -2.13. The molecule has 0 saturated heterocycles. The van der Waals surface area contributed by atoms with Crippen LogP contribution in [0, 0.1) is 0 Å². The first kappa shape index (κ1) is 12.4. The van der Waals surface area contributed by atoms with E-state index in [1.54, 1.807) is 23.9 Å². The Morgan fingerprint density at radius 1 is 1.33 bits per heavy atom. The van der Waals surface area contributed by atoms with Gasteiger partial charge in [-0.3, -0.25) is 9.78 Å². The maximum Gasteiger partial charge on any atom is 0.274 e. The van der Waals surface area contributed by atoms with Gasteiger partial charge in [-0.1, -0.05) is 6.07 Å². The predicted molar refractivity (Wildman–Crippen MR) is 74.8 cm³/mol. The number of nitrogens with two attached hydrogens (primary N) is 1. The second-order valence-corrected chi connectivity index (χ2v) is 4.54. The van der Waals surface area contributed by atoms with Gasteiger partial charge in [-0.2, -0.15) is 0 Å². The number of amides is 1. The van der Waals surface area contributed by atoms with Gasteiger partial charge in [0.2, 0.25) is 0 Å². The van der Waals surface area contributed by atoms with Crippen LogP contribution in [0.5, 0.6) is 0 Å². The second-order valence-electron chi connectivity index (χ2n) is 3.66. The number of thioether (sulfide) groups is 1. The first-order valence-corrected chi connectivity index (χ1v) is 6.58. The van der Waals surface area contributed by atoms with E-state index in [0.29, 0.717) is 11.4 Å². The molecule has 5 heteroatoms. The maximum atomic E-state index is 11.9. The molecule has 0 fully saturated rings. The molecule has 18 heavy (non-hydrogen) atoms. The van der Waals surface area contributed by atoms with Crippen LogP contribution in [0.25, 0.3) is 0 Å². The summed E-state index contributed by atoms with van der Waals surface area (Å²) in [5, 5.41) is 2.79. The number of rotatable bonds is 3. The Hall–Kier alpha value is -2.01. The smallest absolute Gasteiger partial charge is 0.274 e. The normalized spacial score (nSPS) is 10.1. The molecular weight excluding hydrogens is 246 g/mol. The van der Waals surface area contributed by atoms with Crippen molar-refractivity contribution in [2.24, 2.45) is 0 Å². The fourth-order valence-corrected chi connectivity index (χ4v) is 1.93. The molecule has 0 saturated carbocycles. The van der Waals surface area contributed by atoms with Crippen molar-refractivity contribution in [2.45, 2.75) is 4.90 Å². The Labute approximate surface area is 110 Å². The zero-order valence-corrected chi connectivity index (χ0v) is 10.7. The first-order valence-electron chi connectivity index (χ1n) is 5.36. The summed E-state index contributed by atoms with van der Waals surface area (Å²) >= 11 is 1.62. The number of hydrogen-bond donors (Lipinski definition) is 2. The van der Waals surface area contributed by atoms with Gasteiger partial charge in [0.05, 0.1) is 0 Å². The summed E-state index contributed by atoms with van der Waals surface area (Å²) in [6.45, 7) is 0.